The van der Waals surface area contributed by atoms with Crippen molar-refractivity contribution in [2.75, 3.05) is 25.1 Å². The van der Waals surface area contributed by atoms with E-state index in [1.165, 1.54) is 0 Å². The van der Waals surface area contributed by atoms with Crippen LogP contribution in [-0.4, -0.2) is 35.8 Å². The molecule has 1 aromatic heterocycles. The Morgan fingerprint density at radius 3 is 3.05 bits per heavy atom. The van der Waals surface area contributed by atoms with Gasteiger partial charge in [-0.3, -0.25) is 0 Å². The quantitative estimate of drug-likeness (QED) is 0.802. The summed E-state index contributed by atoms with van der Waals surface area (Å²) in [5.41, 5.74) is 1.13. The molecule has 2 heterocycles. The van der Waals surface area contributed by atoms with Gasteiger partial charge < -0.3 is 15.2 Å². The normalized spacial score (nSPS) is 18.1. The van der Waals surface area contributed by atoms with E-state index >= 15 is 0 Å². The number of carbonyl (C=O) groups is 1. The Hall–Kier alpha value is -1.62. The summed E-state index contributed by atoms with van der Waals surface area (Å²) in [6.45, 7) is 4.56. The molecular weight excluding hydrogens is 256 g/mol. The SMILES string of the molecule is CCCc1cc(C(=O)O)cc(NCCC2CCOC2)n1. The van der Waals surface area contributed by atoms with Crippen LogP contribution in [0.25, 0.3) is 0 Å². The van der Waals surface area contributed by atoms with Crippen molar-refractivity contribution in [3.05, 3.63) is 23.4 Å². The lowest BCUT2D eigenvalue weighted by molar-refractivity contribution is 0.0696. The number of ether oxygens (including phenoxy) is 1. The van der Waals surface area contributed by atoms with Crippen molar-refractivity contribution in [3.8, 4) is 0 Å². The summed E-state index contributed by atoms with van der Waals surface area (Å²) in [4.78, 5) is 15.6. The predicted octanol–water partition coefficient (Wildman–Crippen LogP) is 2.57. The summed E-state index contributed by atoms with van der Waals surface area (Å²) < 4.78 is 5.34. The summed E-state index contributed by atoms with van der Waals surface area (Å²) in [6.07, 6.45) is 3.90. The first-order valence-corrected chi connectivity index (χ1v) is 7.25. The highest BCUT2D eigenvalue weighted by molar-refractivity contribution is 5.88. The maximum absolute atomic E-state index is 11.1. The Kier molecular flexibility index (Phi) is 5.35. The van der Waals surface area contributed by atoms with Gasteiger partial charge in [-0.05, 0) is 37.3 Å². The summed E-state index contributed by atoms with van der Waals surface area (Å²) in [5.74, 6) is 0.365. The topological polar surface area (TPSA) is 71.5 Å². The Labute approximate surface area is 119 Å². The van der Waals surface area contributed by atoms with Gasteiger partial charge in [-0.25, -0.2) is 9.78 Å². The van der Waals surface area contributed by atoms with Gasteiger partial charge in [0, 0.05) is 25.5 Å². The highest BCUT2D eigenvalue weighted by Gasteiger charge is 2.15. The molecule has 5 heteroatoms. The molecule has 1 fully saturated rings. The number of hydrogen-bond donors (Lipinski definition) is 2. The van der Waals surface area contributed by atoms with Gasteiger partial charge in [-0.15, -0.1) is 0 Å². The number of hydrogen-bond acceptors (Lipinski definition) is 4. The van der Waals surface area contributed by atoms with E-state index in [2.05, 4.69) is 17.2 Å². The average molecular weight is 278 g/mol. The van der Waals surface area contributed by atoms with Crippen LogP contribution >= 0.6 is 0 Å². The van der Waals surface area contributed by atoms with Crippen molar-refractivity contribution in [3.63, 3.8) is 0 Å². The fourth-order valence-electron chi connectivity index (χ4n) is 2.40. The predicted molar refractivity (Wildman–Crippen MR) is 77.2 cm³/mol. The number of aromatic nitrogens is 1. The van der Waals surface area contributed by atoms with Gasteiger partial charge >= 0.3 is 5.97 Å². The molecule has 2 N–H and O–H groups in total. The summed E-state index contributed by atoms with van der Waals surface area (Å²) >= 11 is 0. The number of anilines is 1. The molecule has 0 radical (unpaired) electrons. The van der Waals surface area contributed by atoms with E-state index in [0.29, 0.717) is 17.3 Å². The van der Waals surface area contributed by atoms with E-state index in [0.717, 1.165) is 51.1 Å². The molecule has 1 aliphatic heterocycles. The number of nitrogens with zero attached hydrogens (tertiary/aromatic N) is 1. The number of carboxylic acids is 1. The van der Waals surface area contributed by atoms with Gasteiger partial charge in [-0.2, -0.15) is 0 Å². The molecule has 2 rings (SSSR count). The van der Waals surface area contributed by atoms with Crippen LogP contribution in [-0.2, 0) is 11.2 Å². The lowest BCUT2D eigenvalue weighted by atomic mass is 10.1. The van der Waals surface area contributed by atoms with Crippen molar-refractivity contribution >= 4 is 11.8 Å². The lowest BCUT2D eigenvalue weighted by Crippen LogP contribution is -2.11. The molecule has 0 bridgehead atoms. The second kappa shape index (κ2) is 7.24. The van der Waals surface area contributed by atoms with Crippen LogP contribution in [0, 0.1) is 5.92 Å². The van der Waals surface area contributed by atoms with Gasteiger partial charge in [0.25, 0.3) is 0 Å². The summed E-state index contributed by atoms with van der Waals surface area (Å²) in [6, 6.07) is 3.26. The van der Waals surface area contributed by atoms with Crippen molar-refractivity contribution < 1.29 is 14.6 Å². The minimum atomic E-state index is -0.906. The van der Waals surface area contributed by atoms with E-state index in [1.807, 2.05) is 0 Å². The Morgan fingerprint density at radius 2 is 2.40 bits per heavy atom. The molecule has 1 atom stereocenters. The molecule has 1 saturated heterocycles. The number of pyridine rings is 1. The standard InChI is InChI=1S/C15H22N2O3/c1-2-3-13-8-12(15(18)19)9-14(17-13)16-6-4-11-5-7-20-10-11/h8-9,11H,2-7,10H2,1H3,(H,16,17)(H,18,19). The molecular formula is C15H22N2O3. The molecule has 0 spiro atoms. The van der Waals surface area contributed by atoms with Crippen LogP contribution in [0.2, 0.25) is 0 Å². The van der Waals surface area contributed by atoms with Crippen LogP contribution in [0.15, 0.2) is 12.1 Å². The van der Waals surface area contributed by atoms with Gasteiger partial charge in [0.05, 0.1) is 5.56 Å². The third kappa shape index (κ3) is 4.20. The molecule has 0 amide bonds. The molecule has 0 aliphatic carbocycles. The number of aromatic carboxylic acids is 1. The lowest BCUT2D eigenvalue weighted by Gasteiger charge is -2.11. The minimum Gasteiger partial charge on any atom is -0.478 e. The van der Waals surface area contributed by atoms with E-state index in [9.17, 15) is 4.79 Å². The van der Waals surface area contributed by atoms with E-state index in [4.69, 9.17) is 9.84 Å². The number of rotatable bonds is 7. The maximum atomic E-state index is 11.1. The second-order valence-corrected chi connectivity index (χ2v) is 5.23. The summed E-state index contributed by atoms with van der Waals surface area (Å²) in [5, 5.41) is 12.4. The Morgan fingerprint density at radius 1 is 1.55 bits per heavy atom. The monoisotopic (exact) mass is 278 g/mol. The molecule has 0 aromatic carbocycles. The molecule has 1 aliphatic rings. The minimum absolute atomic E-state index is 0.301. The zero-order chi connectivity index (χ0) is 14.4. The first-order chi connectivity index (χ1) is 9.69. The number of carboxylic acid groups (broad SMARTS) is 1. The third-order valence-corrected chi connectivity index (χ3v) is 3.51. The molecule has 110 valence electrons. The van der Waals surface area contributed by atoms with Crippen LogP contribution in [0.5, 0.6) is 0 Å². The van der Waals surface area contributed by atoms with Crippen LogP contribution in [0.4, 0.5) is 5.82 Å². The van der Waals surface area contributed by atoms with Gasteiger partial charge in [0.2, 0.25) is 0 Å². The van der Waals surface area contributed by atoms with Crippen LogP contribution in [0.3, 0.4) is 0 Å². The Bertz CT molecular complexity index is 456. The van der Waals surface area contributed by atoms with E-state index in [-0.39, 0.29) is 0 Å². The first kappa shape index (κ1) is 14.8. The highest BCUT2D eigenvalue weighted by Crippen LogP contribution is 2.17. The smallest absolute Gasteiger partial charge is 0.335 e. The molecule has 1 aromatic rings. The molecule has 1 unspecified atom stereocenters. The van der Waals surface area contributed by atoms with Crippen LogP contribution in [0.1, 0.15) is 42.2 Å². The first-order valence-electron chi connectivity index (χ1n) is 7.25. The van der Waals surface area contributed by atoms with Crippen molar-refractivity contribution in [2.24, 2.45) is 5.92 Å². The van der Waals surface area contributed by atoms with Gasteiger partial charge in [0.15, 0.2) is 0 Å². The largest absolute Gasteiger partial charge is 0.478 e. The molecule has 0 saturated carbocycles. The fraction of sp³-hybridized carbons (Fsp3) is 0.600. The average Bonchev–Trinajstić information content (AvgIpc) is 2.92. The van der Waals surface area contributed by atoms with Crippen molar-refractivity contribution in [1.29, 1.82) is 0 Å². The third-order valence-electron chi connectivity index (χ3n) is 3.51. The zero-order valence-electron chi connectivity index (χ0n) is 11.9. The van der Waals surface area contributed by atoms with E-state index < -0.39 is 5.97 Å². The Balaban J connectivity index is 1.96. The van der Waals surface area contributed by atoms with Crippen LogP contribution < -0.4 is 5.32 Å². The molecule has 5 nitrogen and oxygen atoms in total. The number of aryl methyl sites for hydroxylation is 1. The van der Waals surface area contributed by atoms with Crippen molar-refractivity contribution in [2.45, 2.75) is 32.6 Å². The second-order valence-electron chi connectivity index (χ2n) is 5.23. The van der Waals surface area contributed by atoms with E-state index in [1.54, 1.807) is 12.1 Å². The highest BCUT2D eigenvalue weighted by atomic mass is 16.5. The summed E-state index contributed by atoms with van der Waals surface area (Å²) in [7, 11) is 0. The zero-order valence-corrected chi connectivity index (χ0v) is 11.9. The van der Waals surface area contributed by atoms with Crippen molar-refractivity contribution in [1.82, 2.24) is 4.98 Å². The van der Waals surface area contributed by atoms with Gasteiger partial charge in [-0.1, -0.05) is 13.3 Å². The maximum Gasteiger partial charge on any atom is 0.335 e. The van der Waals surface area contributed by atoms with Gasteiger partial charge in [0.1, 0.15) is 5.82 Å². The molecule has 20 heavy (non-hydrogen) atoms. The number of nitrogens with one attached hydrogen (secondary N) is 1. The fourth-order valence-corrected chi connectivity index (χ4v) is 2.40.